The molecule has 0 aliphatic carbocycles. The summed E-state index contributed by atoms with van der Waals surface area (Å²) in [5.74, 6) is 1.11. The number of nitrogens with zero attached hydrogens (tertiary/aromatic N) is 2. The summed E-state index contributed by atoms with van der Waals surface area (Å²) in [4.78, 5) is 7.03. The van der Waals surface area contributed by atoms with Crippen LogP contribution in [-0.4, -0.2) is 18.1 Å². The summed E-state index contributed by atoms with van der Waals surface area (Å²) >= 11 is 0. The molecule has 3 nitrogen and oxygen atoms in total. The predicted octanol–water partition coefficient (Wildman–Crippen LogP) is 2.40. The fraction of sp³-hybridized carbons (Fsp3) is 0.615. The number of pyridine rings is 1. The van der Waals surface area contributed by atoms with E-state index in [4.69, 9.17) is 5.73 Å². The van der Waals surface area contributed by atoms with Crippen LogP contribution in [0.5, 0.6) is 0 Å². The van der Waals surface area contributed by atoms with Crippen LogP contribution in [0.1, 0.15) is 43.5 Å². The van der Waals surface area contributed by atoms with Crippen molar-refractivity contribution >= 4 is 5.82 Å². The van der Waals surface area contributed by atoms with Crippen LogP contribution in [0.3, 0.4) is 0 Å². The smallest absolute Gasteiger partial charge is 0.128 e. The highest BCUT2D eigenvalue weighted by Crippen LogP contribution is 2.23. The molecular weight excluding hydrogens is 198 g/mol. The molecule has 2 N–H and O–H groups in total. The first-order chi connectivity index (χ1) is 7.72. The molecule has 16 heavy (non-hydrogen) atoms. The number of hydrogen-bond acceptors (Lipinski definition) is 3. The van der Waals surface area contributed by atoms with Crippen LogP contribution < -0.4 is 10.6 Å². The van der Waals surface area contributed by atoms with Crippen molar-refractivity contribution in [3.63, 3.8) is 0 Å². The molecule has 0 aromatic carbocycles. The van der Waals surface area contributed by atoms with Gasteiger partial charge in [-0.3, -0.25) is 0 Å². The molecule has 0 spiro atoms. The molecular formula is C13H21N3. The van der Waals surface area contributed by atoms with Gasteiger partial charge in [-0.2, -0.15) is 0 Å². The number of rotatable bonds is 3. The van der Waals surface area contributed by atoms with Crippen LogP contribution in [0.4, 0.5) is 5.82 Å². The third kappa shape index (κ3) is 2.19. The summed E-state index contributed by atoms with van der Waals surface area (Å²) in [5.41, 5.74) is 8.31. The van der Waals surface area contributed by atoms with E-state index in [1.807, 2.05) is 0 Å². The van der Waals surface area contributed by atoms with Gasteiger partial charge in [-0.05, 0) is 37.8 Å². The van der Waals surface area contributed by atoms with Crippen molar-refractivity contribution in [1.29, 1.82) is 0 Å². The lowest BCUT2D eigenvalue weighted by Crippen LogP contribution is -2.20. The SMILES string of the molecule is CC[C@@H](N)c1ccc(N2CCCC2)nc1C. The molecule has 1 aliphatic rings. The van der Waals surface area contributed by atoms with Gasteiger partial charge in [-0.15, -0.1) is 0 Å². The Bertz CT molecular complexity index is 356. The Morgan fingerprint density at radius 3 is 2.62 bits per heavy atom. The highest BCUT2D eigenvalue weighted by Gasteiger charge is 2.15. The fourth-order valence-electron chi connectivity index (χ4n) is 2.29. The summed E-state index contributed by atoms with van der Waals surface area (Å²) < 4.78 is 0. The van der Waals surface area contributed by atoms with E-state index in [1.54, 1.807) is 0 Å². The van der Waals surface area contributed by atoms with Crippen LogP contribution in [0.2, 0.25) is 0 Å². The first-order valence-electron chi connectivity index (χ1n) is 6.20. The zero-order valence-corrected chi connectivity index (χ0v) is 10.2. The maximum atomic E-state index is 6.05. The highest BCUT2D eigenvalue weighted by molar-refractivity contribution is 5.43. The molecule has 0 bridgehead atoms. The van der Waals surface area contributed by atoms with E-state index < -0.39 is 0 Å². The van der Waals surface area contributed by atoms with Gasteiger partial charge in [0.15, 0.2) is 0 Å². The average molecular weight is 219 g/mol. The first-order valence-corrected chi connectivity index (χ1v) is 6.20. The molecule has 1 aliphatic heterocycles. The second kappa shape index (κ2) is 4.83. The molecule has 2 rings (SSSR count). The topological polar surface area (TPSA) is 42.1 Å². The molecule has 0 saturated carbocycles. The predicted molar refractivity (Wildman–Crippen MR) is 67.6 cm³/mol. The van der Waals surface area contributed by atoms with Gasteiger partial charge in [-0.25, -0.2) is 4.98 Å². The number of aromatic nitrogens is 1. The van der Waals surface area contributed by atoms with Crippen molar-refractivity contribution in [2.75, 3.05) is 18.0 Å². The highest BCUT2D eigenvalue weighted by atomic mass is 15.2. The lowest BCUT2D eigenvalue weighted by atomic mass is 10.0. The third-order valence-corrected chi connectivity index (χ3v) is 3.38. The molecule has 1 atom stereocenters. The van der Waals surface area contributed by atoms with E-state index in [0.29, 0.717) is 0 Å². The quantitative estimate of drug-likeness (QED) is 0.848. The molecule has 1 aromatic heterocycles. The molecule has 3 heteroatoms. The Kier molecular flexibility index (Phi) is 3.44. The maximum Gasteiger partial charge on any atom is 0.128 e. The van der Waals surface area contributed by atoms with E-state index >= 15 is 0 Å². The Balaban J connectivity index is 2.21. The minimum atomic E-state index is 0.125. The van der Waals surface area contributed by atoms with Crippen LogP contribution in [0, 0.1) is 6.92 Å². The van der Waals surface area contributed by atoms with Gasteiger partial charge in [0.05, 0.1) is 0 Å². The van der Waals surface area contributed by atoms with Crippen molar-refractivity contribution in [2.45, 2.75) is 39.2 Å². The van der Waals surface area contributed by atoms with Crippen molar-refractivity contribution in [3.05, 3.63) is 23.4 Å². The lowest BCUT2D eigenvalue weighted by molar-refractivity contribution is 0.688. The second-order valence-corrected chi connectivity index (χ2v) is 4.55. The van der Waals surface area contributed by atoms with E-state index in [0.717, 1.165) is 31.0 Å². The Morgan fingerprint density at radius 2 is 2.06 bits per heavy atom. The van der Waals surface area contributed by atoms with Crippen molar-refractivity contribution in [3.8, 4) is 0 Å². The molecule has 1 saturated heterocycles. The van der Waals surface area contributed by atoms with Gasteiger partial charge >= 0.3 is 0 Å². The van der Waals surface area contributed by atoms with Gasteiger partial charge in [0.1, 0.15) is 5.82 Å². The Labute approximate surface area is 97.7 Å². The molecule has 2 heterocycles. The summed E-state index contributed by atoms with van der Waals surface area (Å²) in [6, 6.07) is 4.38. The number of anilines is 1. The second-order valence-electron chi connectivity index (χ2n) is 4.55. The van der Waals surface area contributed by atoms with E-state index in [9.17, 15) is 0 Å². The normalized spacial score (nSPS) is 17.8. The van der Waals surface area contributed by atoms with E-state index in [-0.39, 0.29) is 6.04 Å². The Hall–Kier alpha value is -1.09. The van der Waals surface area contributed by atoms with Crippen molar-refractivity contribution < 1.29 is 0 Å². The van der Waals surface area contributed by atoms with Crippen LogP contribution >= 0.6 is 0 Å². The number of aryl methyl sites for hydroxylation is 1. The minimum absolute atomic E-state index is 0.125. The van der Waals surface area contributed by atoms with Crippen LogP contribution in [-0.2, 0) is 0 Å². The largest absolute Gasteiger partial charge is 0.357 e. The standard InChI is InChI=1S/C13H21N3/c1-3-12(14)11-6-7-13(15-10(11)2)16-8-4-5-9-16/h6-7,12H,3-5,8-9,14H2,1-2H3/t12-/m1/s1. The third-order valence-electron chi connectivity index (χ3n) is 3.38. The van der Waals surface area contributed by atoms with Crippen LogP contribution in [0.15, 0.2) is 12.1 Å². The van der Waals surface area contributed by atoms with Gasteiger partial charge in [0, 0.05) is 24.8 Å². The summed E-state index contributed by atoms with van der Waals surface area (Å²) in [7, 11) is 0. The van der Waals surface area contributed by atoms with E-state index in [1.165, 1.54) is 18.4 Å². The molecule has 1 fully saturated rings. The van der Waals surface area contributed by atoms with Crippen molar-refractivity contribution in [1.82, 2.24) is 4.98 Å². The minimum Gasteiger partial charge on any atom is -0.357 e. The van der Waals surface area contributed by atoms with E-state index in [2.05, 4.69) is 35.9 Å². The number of nitrogens with two attached hydrogens (primary N) is 1. The zero-order chi connectivity index (χ0) is 11.5. The van der Waals surface area contributed by atoms with Gasteiger partial charge in [0.25, 0.3) is 0 Å². The van der Waals surface area contributed by atoms with Crippen molar-refractivity contribution in [2.24, 2.45) is 5.73 Å². The van der Waals surface area contributed by atoms with Gasteiger partial charge in [0.2, 0.25) is 0 Å². The first kappa shape index (κ1) is 11.4. The lowest BCUT2D eigenvalue weighted by Gasteiger charge is -2.19. The summed E-state index contributed by atoms with van der Waals surface area (Å²) in [6.07, 6.45) is 3.54. The molecule has 0 radical (unpaired) electrons. The zero-order valence-electron chi connectivity index (χ0n) is 10.2. The molecule has 0 amide bonds. The molecule has 0 unspecified atom stereocenters. The fourth-order valence-corrected chi connectivity index (χ4v) is 2.29. The summed E-state index contributed by atoms with van der Waals surface area (Å²) in [5, 5.41) is 0. The Morgan fingerprint density at radius 1 is 1.38 bits per heavy atom. The maximum absolute atomic E-state index is 6.05. The number of hydrogen-bond donors (Lipinski definition) is 1. The average Bonchev–Trinajstić information content (AvgIpc) is 2.81. The van der Waals surface area contributed by atoms with Crippen LogP contribution in [0.25, 0.3) is 0 Å². The summed E-state index contributed by atoms with van der Waals surface area (Å²) in [6.45, 7) is 6.46. The monoisotopic (exact) mass is 219 g/mol. The van der Waals surface area contributed by atoms with Gasteiger partial charge < -0.3 is 10.6 Å². The van der Waals surface area contributed by atoms with Gasteiger partial charge in [-0.1, -0.05) is 13.0 Å². The molecule has 88 valence electrons. The molecule has 1 aromatic rings.